The molecule has 1 amide bonds. The highest BCUT2D eigenvalue weighted by Gasteiger charge is 2.17. The van der Waals surface area contributed by atoms with Gasteiger partial charge in [-0.15, -0.1) is 0 Å². The number of methoxy groups -OCH3 is 1. The van der Waals surface area contributed by atoms with E-state index >= 15 is 0 Å². The molecule has 156 valence electrons. The molecule has 0 spiro atoms. The summed E-state index contributed by atoms with van der Waals surface area (Å²) in [6, 6.07) is 7.99. The second kappa shape index (κ2) is 12.2. The van der Waals surface area contributed by atoms with Crippen molar-refractivity contribution in [1.29, 1.82) is 0 Å². The van der Waals surface area contributed by atoms with Gasteiger partial charge in [-0.05, 0) is 31.5 Å². The molecule has 0 saturated carbocycles. The lowest BCUT2D eigenvalue weighted by Gasteiger charge is -2.32. The van der Waals surface area contributed by atoms with Crippen LogP contribution in [0.3, 0.4) is 0 Å². The molecular weight excluding hydrogens is 358 g/mol. The van der Waals surface area contributed by atoms with Crippen molar-refractivity contribution in [2.75, 3.05) is 53.0 Å². The maximum Gasteiger partial charge on any atom is 0.242 e. The average molecular weight is 392 g/mol. The number of carbonyl (C=O) groups is 1. The number of guanidine groups is 1. The molecule has 0 aromatic heterocycles. The molecule has 1 aromatic carbocycles. The highest BCUT2D eigenvalue weighted by molar-refractivity contribution is 5.84. The minimum atomic E-state index is -0.116. The maximum absolute atomic E-state index is 12.1. The Balaban J connectivity index is 1.75. The molecule has 28 heavy (non-hydrogen) atoms. The van der Waals surface area contributed by atoms with Crippen LogP contribution in [0.4, 0.5) is 0 Å². The predicted octanol–water partition coefficient (Wildman–Crippen LogP) is 0.587. The third kappa shape index (κ3) is 7.74. The first-order chi connectivity index (χ1) is 13.6. The average Bonchev–Trinajstić information content (AvgIpc) is 2.75. The van der Waals surface area contributed by atoms with Crippen molar-refractivity contribution < 1.29 is 14.3 Å². The normalized spacial score (nSPS) is 16.3. The quantitative estimate of drug-likeness (QED) is 0.422. The lowest BCUT2D eigenvalue weighted by molar-refractivity contribution is -0.119. The molecule has 0 radical (unpaired) electrons. The minimum absolute atomic E-state index is 0.0808. The molecule has 2 rings (SSSR count). The van der Waals surface area contributed by atoms with Crippen molar-refractivity contribution in [2.24, 2.45) is 4.99 Å². The molecular formula is C20H33N5O3. The summed E-state index contributed by atoms with van der Waals surface area (Å²) in [6.07, 6.45) is 0. The molecule has 8 nitrogen and oxygen atoms in total. The molecule has 8 heteroatoms. The second-order valence-corrected chi connectivity index (χ2v) is 6.70. The molecule has 3 N–H and O–H groups in total. The van der Waals surface area contributed by atoms with Crippen molar-refractivity contribution in [3.05, 3.63) is 29.8 Å². The minimum Gasteiger partial charge on any atom is -0.497 e. The van der Waals surface area contributed by atoms with E-state index in [-0.39, 0.29) is 12.5 Å². The summed E-state index contributed by atoms with van der Waals surface area (Å²) in [7, 11) is 1.63. The molecule has 0 bridgehead atoms. The van der Waals surface area contributed by atoms with E-state index in [1.807, 2.05) is 31.2 Å². The number of ether oxygens (including phenoxy) is 2. The molecule has 1 aliphatic heterocycles. The van der Waals surface area contributed by atoms with Crippen LogP contribution in [0.2, 0.25) is 0 Å². The number of aliphatic imine (C=N–C) groups is 1. The maximum atomic E-state index is 12.1. The van der Waals surface area contributed by atoms with Crippen LogP contribution in [0, 0.1) is 0 Å². The Morgan fingerprint density at radius 3 is 2.57 bits per heavy atom. The van der Waals surface area contributed by atoms with Crippen LogP contribution in [0.5, 0.6) is 5.75 Å². The number of hydrogen-bond acceptors (Lipinski definition) is 5. The molecule has 0 aliphatic carbocycles. The molecule has 1 atom stereocenters. The summed E-state index contributed by atoms with van der Waals surface area (Å²) in [5.74, 6) is 1.34. The van der Waals surface area contributed by atoms with E-state index in [4.69, 9.17) is 9.47 Å². The zero-order valence-corrected chi connectivity index (χ0v) is 17.2. The van der Waals surface area contributed by atoms with E-state index < -0.39 is 0 Å². The lowest BCUT2D eigenvalue weighted by Crippen LogP contribution is -2.49. The van der Waals surface area contributed by atoms with E-state index in [9.17, 15) is 4.79 Å². The number of amides is 1. The van der Waals surface area contributed by atoms with Crippen LogP contribution < -0.4 is 20.7 Å². The van der Waals surface area contributed by atoms with Gasteiger partial charge in [-0.1, -0.05) is 12.1 Å². The smallest absolute Gasteiger partial charge is 0.242 e. The first kappa shape index (κ1) is 22.0. The fourth-order valence-electron chi connectivity index (χ4n) is 2.88. The van der Waals surface area contributed by atoms with Crippen LogP contribution >= 0.6 is 0 Å². The summed E-state index contributed by atoms with van der Waals surface area (Å²) < 4.78 is 10.5. The monoisotopic (exact) mass is 391 g/mol. The van der Waals surface area contributed by atoms with Gasteiger partial charge in [0.15, 0.2) is 5.96 Å². The van der Waals surface area contributed by atoms with Gasteiger partial charge in [0.1, 0.15) is 12.3 Å². The Morgan fingerprint density at radius 1 is 1.21 bits per heavy atom. The number of hydrogen-bond donors (Lipinski definition) is 3. The van der Waals surface area contributed by atoms with Gasteiger partial charge in [-0.2, -0.15) is 0 Å². The number of carbonyl (C=O) groups excluding carboxylic acids is 1. The van der Waals surface area contributed by atoms with Crippen molar-refractivity contribution in [3.63, 3.8) is 0 Å². The van der Waals surface area contributed by atoms with Gasteiger partial charge in [-0.25, -0.2) is 4.99 Å². The van der Waals surface area contributed by atoms with Crippen LogP contribution in [0.1, 0.15) is 19.4 Å². The lowest BCUT2D eigenvalue weighted by atomic mass is 10.2. The summed E-state index contributed by atoms with van der Waals surface area (Å²) in [5.41, 5.74) is 1.02. The fourth-order valence-corrected chi connectivity index (χ4v) is 2.88. The highest BCUT2D eigenvalue weighted by Crippen LogP contribution is 2.10. The fraction of sp³-hybridized carbons (Fsp3) is 0.600. The van der Waals surface area contributed by atoms with Gasteiger partial charge in [0, 0.05) is 38.8 Å². The Hall–Kier alpha value is -2.32. The molecule has 1 aliphatic rings. The van der Waals surface area contributed by atoms with Gasteiger partial charge in [0.2, 0.25) is 5.91 Å². The van der Waals surface area contributed by atoms with Crippen molar-refractivity contribution in [1.82, 2.24) is 20.9 Å². The second-order valence-electron chi connectivity index (χ2n) is 6.70. The number of morpholine rings is 1. The van der Waals surface area contributed by atoms with Crippen molar-refractivity contribution in [3.8, 4) is 5.75 Å². The number of nitrogens with zero attached hydrogens (tertiary/aromatic N) is 2. The van der Waals surface area contributed by atoms with E-state index in [2.05, 4.69) is 32.8 Å². The summed E-state index contributed by atoms with van der Waals surface area (Å²) in [6.45, 7) is 9.71. The van der Waals surface area contributed by atoms with Crippen molar-refractivity contribution >= 4 is 11.9 Å². The number of nitrogens with one attached hydrogen (secondary N) is 3. The number of benzene rings is 1. The Morgan fingerprint density at radius 2 is 1.93 bits per heavy atom. The third-order valence-corrected chi connectivity index (χ3v) is 4.61. The van der Waals surface area contributed by atoms with Crippen LogP contribution in [-0.4, -0.2) is 75.9 Å². The Kier molecular flexibility index (Phi) is 9.57. The number of rotatable bonds is 9. The van der Waals surface area contributed by atoms with Gasteiger partial charge in [0.25, 0.3) is 0 Å². The zero-order chi connectivity index (χ0) is 20.2. The van der Waals surface area contributed by atoms with Crippen LogP contribution in [0.15, 0.2) is 29.3 Å². The Bertz CT molecular complexity index is 615. The van der Waals surface area contributed by atoms with E-state index in [0.29, 0.717) is 18.5 Å². The van der Waals surface area contributed by atoms with Gasteiger partial charge < -0.3 is 25.4 Å². The predicted molar refractivity (Wildman–Crippen MR) is 111 cm³/mol. The molecule has 1 saturated heterocycles. The summed E-state index contributed by atoms with van der Waals surface area (Å²) in [5, 5.41) is 9.39. The molecule has 1 fully saturated rings. The third-order valence-electron chi connectivity index (χ3n) is 4.61. The largest absolute Gasteiger partial charge is 0.497 e. The SMILES string of the molecule is CCNC(=NCC(=O)NCc1ccc(OC)cc1)NCC(C)N1CCOCC1. The summed E-state index contributed by atoms with van der Waals surface area (Å²) in [4.78, 5) is 18.9. The zero-order valence-electron chi connectivity index (χ0n) is 17.2. The molecule has 1 heterocycles. The van der Waals surface area contributed by atoms with Gasteiger partial charge in [0.05, 0.1) is 20.3 Å². The highest BCUT2D eigenvalue weighted by atomic mass is 16.5. The first-order valence-electron chi connectivity index (χ1n) is 9.86. The van der Waals surface area contributed by atoms with E-state index in [0.717, 1.165) is 50.7 Å². The van der Waals surface area contributed by atoms with Crippen molar-refractivity contribution in [2.45, 2.75) is 26.4 Å². The summed E-state index contributed by atoms with van der Waals surface area (Å²) >= 11 is 0. The first-order valence-corrected chi connectivity index (χ1v) is 9.86. The van der Waals surface area contributed by atoms with Crippen LogP contribution in [0.25, 0.3) is 0 Å². The van der Waals surface area contributed by atoms with Gasteiger partial charge >= 0.3 is 0 Å². The van der Waals surface area contributed by atoms with Gasteiger partial charge in [-0.3, -0.25) is 9.69 Å². The standard InChI is InChI=1S/C20H33N5O3/c1-4-21-20(23-13-16(2)25-9-11-28-12-10-25)24-15-19(26)22-14-17-5-7-18(27-3)8-6-17/h5-8,16H,4,9-15H2,1-3H3,(H,22,26)(H2,21,23,24). The van der Waals surface area contributed by atoms with Crippen LogP contribution in [-0.2, 0) is 16.1 Å². The topological polar surface area (TPSA) is 87.2 Å². The van der Waals surface area contributed by atoms with E-state index in [1.165, 1.54) is 0 Å². The molecule has 1 unspecified atom stereocenters. The molecule has 1 aromatic rings. The Labute approximate surface area is 167 Å². The van der Waals surface area contributed by atoms with E-state index in [1.54, 1.807) is 7.11 Å².